The molecular weight excluding hydrogens is 482 g/mol. The molecule has 1 aromatic heterocycles. The third-order valence-corrected chi connectivity index (χ3v) is 7.65. The highest BCUT2D eigenvalue weighted by molar-refractivity contribution is 8.26. The molecule has 2 aromatic carbocycles. The summed E-state index contributed by atoms with van der Waals surface area (Å²) in [5.41, 5.74) is 3.54. The molecule has 0 N–H and O–H groups in total. The number of aromatic nitrogens is 2. The van der Waals surface area contributed by atoms with E-state index in [1.807, 2.05) is 71.6 Å². The van der Waals surface area contributed by atoms with Crippen molar-refractivity contribution in [1.82, 2.24) is 14.7 Å². The van der Waals surface area contributed by atoms with E-state index < -0.39 is 0 Å². The van der Waals surface area contributed by atoms with Crippen molar-refractivity contribution in [2.45, 2.75) is 39.5 Å². The Labute approximate surface area is 216 Å². The monoisotopic (exact) mass is 509 g/mol. The number of unbranched alkanes of at least 4 members (excludes halogenated alkanes) is 1. The van der Waals surface area contributed by atoms with Crippen molar-refractivity contribution < 1.29 is 4.79 Å². The van der Waals surface area contributed by atoms with Crippen molar-refractivity contribution in [3.63, 3.8) is 0 Å². The predicted molar refractivity (Wildman–Crippen MR) is 147 cm³/mol. The summed E-state index contributed by atoms with van der Waals surface area (Å²) in [6, 6.07) is 17.5. The molecule has 0 bridgehead atoms. The second-order valence-electron chi connectivity index (χ2n) is 8.43. The summed E-state index contributed by atoms with van der Waals surface area (Å²) in [6.07, 6.45) is 8.37. The Kier molecular flexibility index (Phi) is 8.24. The maximum absolute atomic E-state index is 13.3. The molecule has 0 saturated carbocycles. The molecule has 1 fully saturated rings. The number of hydrogen-bond acceptors (Lipinski definition) is 4. The second-order valence-corrected chi connectivity index (χ2v) is 10.5. The second kappa shape index (κ2) is 11.3. The van der Waals surface area contributed by atoms with Gasteiger partial charge in [-0.3, -0.25) is 9.69 Å². The number of rotatable bonds is 9. The maximum atomic E-state index is 13.3. The van der Waals surface area contributed by atoms with Crippen LogP contribution in [-0.4, -0.2) is 31.5 Å². The Hall–Kier alpha value is -2.41. The largest absolute Gasteiger partial charge is 0.293 e. The number of para-hydroxylation sites is 1. The molecule has 1 amide bonds. The van der Waals surface area contributed by atoms with E-state index in [4.69, 9.17) is 28.9 Å². The minimum atomic E-state index is -0.0144. The molecule has 7 heteroatoms. The van der Waals surface area contributed by atoms with Gasteiger partial charge in [-0.25, -0.2) is 4.68 Å². The maximum Gasteiger partial charge on any atom is 0.266 e. The van der Waals surface area contributed by atoms with Crippen LogP contribution in [0, 0.1) is 5.92 Å². The molecule has 4 rings (SSSR count). The first-order valence-corrected chi connectivity index (χ1v) is 13.3. The first-order chi connectivity index (χ1) is 16.5. The van der Waals surface area contributed by atoms with Crippen LogP contribution in [0.2, 0.25) is 5.02 Å². The standard InChI is InChI=1S/C27H28ClN3OS2/c1-3-5-9-19(4-2)17-30-26(32)24(34-27(30)33)16-21-18-31(23-10-7-6-8-11-23)29-25(21)20-12-14-22(28)15-13-20/h6-8,10-16,18-19H,3-5,9,17H2,1-2H3. The highest BCUT2D eigenvalue weighted by atomic mass is 35.5. The third kappa shape index (κ3) is 5.62. The normalized spacial score (nSPS) is 16.0. The fourth-order valence-electron chi connectivity index (χ4n) is 4.01. The molecule has 1 atom stereocenters. The average molecular weight is 510 g/mol. The number of benzene rings is 2. The van der Waals surface area contributed by atoms with Gasteiger partial charge in [0.1, 0.15) is 4.32 Å². The lowest BCUT2D eigenvalue weighted by atomic mass is 9.99. The van der Waals surface area contributed by atoms with Gasteiger partial charge < -0.3 is 0 Å². The van der Waals surface area contributed by atoms with E-state index >= 15 is 0 Å². The minimum absolute atomic E-state index is 0.0144. The van der Waals surface area contributed by atoms with Crippen molar-refractivity contribution in [3.05, 3.63) is 76.3 Å². The van der Waals surface area contributed by atoms with Gasteiger partial charge in [0.25, 0.3) is 5.91 Å². The molecule has 176 valence electrons. The van der Waals surface area contributed by atoms with E-state index in [-0.39, 0.29) is 5.91 Å². The zero-order valence-corrected chi connectivity index (χ0v) is 21.8. The lowest BCUT2D eigenvalue weighted by Gasteiger charge is -2.21. The lowest BCUT2D eigenvalue weighted by molar-refractivity contribution is -0.122. The highest BCUT2D eigenvalue weighted by Gasteiger charge is 2.33. The molecule has 0 spiro atoms. The van der Waals surface area contributed by atoms with E-state index in [1.54, 1.807) is 4.90 Å². The Morgan fingerprint density at radius 1 is 1.12 bits per heavy atom. The van der Waals surface area contributed by atoms with Gasteiger partial charge in [0.05, 0.1) is 16.3 Å². The van der Waals surface area contributed by atoms with Crippen LogP contribution in [-0.2, 0) is 4.79 Å². The van der Waals surface area contributed by atoms with Gasteiger partial charge in [0.2, 0.25) is 0 Å². The van der Waals surface area contributed by atoms with Crippen molar-refractivity contribution in [2.75, 3.05) is 6.54 Å². The number of amides is 1. The molecule has 34 heavy (non-hydrogen) atoms. The average Bonchev–Trinajstić information content (AvgIpc) is 3.39. The van der Waals surface area contributed by atoms with E-state index in [9.17, 15) is 4.79 Å². The number of carbonyl (C=O) groups is 1. The van der Waals surface area contributed by atoms with Crippen LogP contribution in [0.4, 0.5) is 0 Å². The summed E-state index contributed by atoms with van der Waals surface area (Å²) in [4.78, 5) is 15.7. The molecule has 0 aliphatic carbocycles. The first-order valence-electron chi connectivity index (χ1n) is 11.7. The molecule has 0 radical (unpaired) electrons. The molecule has 1 unspecified atom stereocenters. The highest BCUT2D eigenvalue weighted by Crippen LogP contribution is 2.36. The van der Waals surface area contributed by atoms with Gasteiger partial charge in [0, 0.05) is 28.9 Å². The Morgan fingerprint density at radius 3 is 2.53 bits per heavy atom. The zero-order chi connectivity index (χ0) is 24.1. The number of hydrogen-bond donors (Lipinski definition) is 0. The van der Waals surface area contributed by atoms with Crippen molar-refractivity contribution in [2.24, 2.45) is 5.92 Å². The topological polar surface area (TPSA) is 38.1 Å². The quantitative estimate of drug-likeness (QED) is 0.220. The molecule has 3 aromatic rings. The summed E-state index contributed by atoms with van der Waals surface area (Å²) < 4.78 is 2.48. The molecule has 4 nitrogen and oxygen atoms in total. The SMILES string of the molecule is CCCCC(CC)CN1C(=O)C(=Cc2cn(-c3ccccc3)nc2-c2ccc(Cl)cc2)SC1=S. The molecular formula is C27H28ClN3OS2. The van der Waals surface area contributed by atoms with Gasteiger partial charge in [0.15, 0.2) is 0 Å². The summed E-state index contributed by atoms with van der Waals surface area (Å²) in [5.74, 6) is 0.451. The van der Waals surface area contributed by atoms with Crippen molar-refractivity contribution >= 4 is 51.9 Å². The predicted octanol–water partition coefficient (Wildman–Crippen LogP) is 7.61. The minimum Gasteiger partial charge on any atom is -0.293 e. The van der Waals surface area contributed by atoms with Crippen LogP contribution in [0.25, 0.3) is 23.0 Å². The van der Waals surface area contributed by atoms with Gasteiger partial charge in [-0.1, -0.05) is 99.0 Å². The third-order valence-electron chi connectivity index (χ3n) is 6.03. The van der Waals surface area contributed by atoms with E-state index in [0.717, 1.165) is 41.8 Å². The fraction of sp³-hybridized carbons (Fsp3) is 0.296. The zero-order valence-electron chi connectivity index (χ0n) is 19.4. The van der Waals surface area contributed by atoms with Crippen LogP contribution in [0.15, 0.2) is 65.7 Å². The molecule has 1 aliphatic rings. The Morgan fingerprint density at radius 2 is 1.85 bits per heavy atom. The molecule has 1 aliphatic heterocycles. The van der Waals surface area contributed by atoms with Crippen molar-refractivity contribution in [3.8, 4) is 16.9 Å². The summed E-state index contributed by atoms with van der Waals surface area (Å²) in [6.45, 7) is 5.07. The lowest BCUT2D eigenvalue weighted by Crippen LogP contribution is -2.33. The van der Waals surface area contributed by atoms with Gasteiger partial charge in [-0.05, 0) is 42.7 Å². The summed E-state index contributed by atoms with van der Waals surface area (Å²) >= 11 is 13.1. The van der Waals surface area contributed by atoms with E-state index in [1.165, 1.54) is 18.2 Å². The van der Waals surface area contributed by atoms with Crippen LogP contribution in [0.1, 0.15) is 45.1 Å². The van der Waals surface area contributed by atoms with Gasteiger partial charge in [-0.15, -0.1) is 0 Å². The molecule has 2 heterocycles. The first kappa shape index (κ1) is 24.7. The van der Waals surface area contributed by atoms with Crippen LogP contribution in [0.5, 0.6) is 0 Å². The summed E-state index contributed by atoms with van der Waals surface area (Å²) in [7, 11) is 0. The number of carbonyl (C=O) groups excluding carboxylic acids is 1. The number of thioether (sulfide) groups is 1. The Bertz CT molecular complexity index is 1190. The van der Waals surface area contributed by atoms with Crippen LogP contribution < -0.4 is 0 Å². The van der Waals surface area contributed by atoms with E-state index in [0.29, 0.717) is 26.7 Å². The molecule has 1 saturated heterocycles. The van der Waals surface area contributed by atoms with E-state index in [2.05, 4.69) is 13.8 Å². The smallest absolute Gasteiger partial charge is 0.266 e. The van der Waals surface area contributed by atoms with Crippen molar-refractivity contribution in [1.29, 1.82) is 0 Å². The summed E-state index contributed by atoms with van der Waals surface area (Å²) in [5, 5.41) is 5.51. The van der Waals surface area contributed by atoms with Gasteiger partial charge >= 0.3 is 0 Å². The number of halogens is 1. The number of thiocarbonyl (C=S) groups is 1. The van der Waals surface area contributed by atoms with Gasteiger partial charge in [-0.2, -0.15) is 5.10 Å². The van der Waals surface area contributed by atoms with Crippen LogP contribution >= 0.6 is 35.6 Å². The fourth-order valence-corrected chi connectivity index (χ4v) is 5.40. The number of nitrogens with zero attached hydrogens (tertiary/aromatic N) is 3. The van der Waals surface area contributed by atoms with Crippen LogP contribution in [0.3, 0.4) is 0 Å². The Balaban J connectivity index is 1.67.